The normalized spacial score (nSPS) is 21.5. The van der Waals surface area contributed by atoms with E-state index < -0.39 is 15.6 Å². The number of hydrogen-bond donors (Lipinski definition) is 2. The van der Waals surface area contributed by atoms with Gasteiger partial charge < -0.3 is 9.73 Å². The Bertz CT molecular complexity index is 1160. The first kappa shape index (κ1) is 18.8. The Balaban J connectivity index is 1.70. The molecule has 1 aliphatic heterocycles. The number of pyridine rings is 1. The standard InChI is InChI=1S/C16H15ClN6O3S2/c1-16(8-28(24,25)23(2)15(18)20-16)12-10(17)6-11(27-12)14-22-21-13(26-14)9-4-3-5-19-7-9/h3-7H,8H2,1-2H3,(H2,18,20)/t16-/m0/s1. The second-order valence-corrected chi connectivity index (χ2v) is 9.93. The van der Waals surface area contributed by atoms with Crippen LogP contribution in [0, 0.1) is 5.41 Å². The lowest BCUT2D eigenvalue weighted by Crippen LogP contribution is -2.60. The lowest BCUT2D eigenvalue weighted by atomic mass is 10.0. The first-order valence-electron chi connectivity index (χ1n) is 8.07. The van der Waals surface area contributed by atoms with Crippen molar-refractivity contribution < 1.29 is 12.8 Å². The zero-order valence-electron chi connectivity index (χ0n) is 14.8. The van der Waals surface area contributed by atoms with Gasteiger partial charge in [-0.2, -0.15) is 0 Å². The van der Waals surface area contributed by atoms with E-state index in [1.807, 2.05) is 0 Å². The highest BCUT2D eigenvalue weighted by atomic mass is 35.5. The summed E-state index contributed by atoms with van der Waals surface area (Å²) in [6.45, 7) is 1.70. The summed E-state index contributed by atoms with van der Waals surface area (Å²) in [6, 6.07) is 5.22. The van der Waals surface area contributed by atoms with E-state index in [0.29, 0.717) is 26.2 Å². The molecule has 2 N–H and O–H groups in total. The van der Waals surface area contributed by atoms with Gasteiger partial charge in [-0.15, -0.1) is 21.5 Å². The summed E-state index contributed by atoms with van der Waals surface area (Å²) in [5.74, 6) is 0.147. The maximum atomic E-state index is 12.4. The molecule has 12 heteroatoms. The molecule has 4 rings (SSSR count). The third-order valence-corrected chi connectivity index (χ3v) is 8.09. The van der Waals surface area contributed by atoms with Crippen molar-refractivity contribution in [3.63, 3.8) is 0 Å². The predicted octanol–water partition coefficient (Wildman–Crippen LogP) is 2.53. The van der Waals surface area contributed by atoms with Gasteiger partial charge in [-0.05, 0) is 25.1 Å². The molecule has 146 valence electrons. The van der Waals surface area contributed by atoms with E-state index in [2.05, 4.69) is 20.5 Å². The minimum atomic E-state index is -3.63. The van der Waals surface area contributed by atoms with Gasteiger partial charge in [0, 0.05) is 19.4 Å². The van der Waals surface area contributed by atoms with Crippen molar-refractivity contribution >= 4 is 38.9 Å². The van der Waals surface area contributed by atoms with Crippen LogP contribution in [-0.4, -0.2) is 46.7 Å². The van der Waals surface area contributed by atoms with Gasteiger partial charge >= 0.3 is 0 Å². The van der Waals surface area contributed by atoms with Gasteiger partial charge in [-0.3, -0.25) is 10.4 Å². The molecule has 3 aromatic heterocycles. The van der Waals surface area contributed by atoms with Crippen LogP contribution in [0.2, 0.25) is 5.02 Å². The number of thiophene rings is 1. The van der Waals surface area contributed by atoms with Crippen molar-refractivity contribution in [3.8, 4) is 22.2 Å². The predicted molar refractivity (Wildman–Crippen MR) is 106 cm³/mol. The summed E-state index contributed by atoms with van der Waals surface area (Å²) in [7, 11) is -2.30. The zero-order chi connectivity index (χ0) is 20.1. The summed E-state index contributed by atoms with van der Waals surface area (Å²) in [5.41, 5.74) is -0.359. The molecule has 1 atom stereocenters. The molecular formula is C16H15ClN6O3S2. The Kier molecular flexibility index (Phi) is 4.40. The van der Waals surface area contributed by atoms with Crippen LogP contribution in [0.25, 0.3) is 22.2 Å². The summed E-state index contributed by atoms with van der Waals surface area (Å²) in [4.78, 5) is 5.20. The SMILES string of the molecule is CN1C(=N)N[C@](C)(c2sc(-c3nnc(-c4cccnc4)o3)cc2Cl)CS1(=O)=O. The molecule has 1 aliphatic rings. The van der Waals surface area contributed by atoms with Gasteiger partial charge in [0.2, 0.25) is 21.9 Å². The van der Waals surface area contributed by atoms with Crippen LogP contribution in [0.1, 0.15) is 11.8 Å². The second kappa shape index (κ2) is 6.54. The number of guanidine groups is 1. The van der Waals surface area contributed by atoms with Crippen molar-refractivity contribution in [3.05, 3.63) is 40.5 Å². The van der Waals surface area contributed by atoms with E-state index in [1.165, 1.54) is 18.4 Å². The Morgan fingerprint density at radius 2 is 2.14 bits per heavy atom. The summed E-state index contributed by atoms with van der Waals surface area (Å²) in [6.07, 6.45) is 3.26. The average molecular weight is 439 g/mol. The van der Waals surface area contributed by atoms with E-state index in [1.54, 1.807) is 37.5 Å². The molecule has 1 saturated heterocycles. The van der Waals surface area contributed by atoms with Gasteiger partial charge in [-0.25, -0.2) is 12.7 Å². The Labute approximate surface area is 169 Å². The molecule has 0 saturated carbocycles. The van der Waals surface area contributed by atoms with Crippen LogP contribution in [0.15, 0.2) is 35.0 Å². The quantitative estimate of drug-likeness (QED) is 0.643. The van der Waals surface area contributed by atoms with Crippen molar-refractivity contribution in [2.75, 3.05) is 12.8 Å². The summed E-state index contributed by atoms with van der Waals surface area (Å²) >= 11 is 7.66. The van der Waals surface area contributed by atoms with E-state index in [9.17, 15) is 8.42 Å². The lowest BCUT2D eigenvalue weighted by Gasteiger charge is -2.39. The molecule has 0 aromatic carbocycles. The molecule has 0 aliphatic carbocycles. The second-order valence-electron chi connectivity index (χ2n) is 6.47. The number of rotatable bonds is 3. The Morgan fingerprint density at radius 3 is 2.82 bits per heavy atom. The fraction of sp³-hybridized carbons (Fsp3) is 0.250. The first-order valence-corrected chi connectivity index (χ1v) is 10.9. The van der Waals surface area contributed by atoms with Gasteiger partial charge in [0.15, 0.2) is 0 Å². The van der Waals surface area contributed by atoms with Crippen LogP contribution in [0.4, 0.5) is 0 Å². The molecule has 0 unspecified atom stereocenters. The number of nitrogens with zero attached hydrogens (tertiary/aromatic N) is 4. The number of halogens is 1. The highest BCUT2D eigenvalue weighted by Crippen LogP contribution is 2.42. The lowest BCUT2D eigenvalue weighted by molar-refractivity contribution is 0.424. The van der Waals surface area contributed by atoms with Crippen LogP contribution >= 0.6 is 22.9 Å². The maximum Gasteiger partial charge on any atom is 0.258 e. The molecule has 0 radical (unpaired) electrons. The van der Waals surface area contributed by atoms with E-state index >= 15 is 0 Å². The molecular weight excluding hydrogens is 424 g/mol. The van der Waals surface area contributed by atoms with Gasteiger partial charge in [-0.1, -0.05) is 11.6 Å². The maximum absolute atomic E-state index is 12.4. The van der Waals surface area contributed by atoms with Crippen LogP contribution in [-0.2, 0) is 15.6 Å². The molecule has 0 amide bonds. The number of nitrogens with one attached hydrogen (secondary N) is 2. The molecule has 3 aromatic rings. The molecule has 0 spiro atoms. The number of sulfonamides is 1. The van der Waals surface area contributed by atoms with Crippen molar-refractivity contribution in [2.24, 2.45) is 0 Å². The highest BCUT2D eigenvalue weighted by molar-refractivity contribution is 7.89. The third kappa shape index (κ3) is 3.15. The Morgan fingerprint density at radius 1 is 1.39 bits per heavy atom. The largest absolute Gasteiger partial charge is 0.415 e. The zero-order valence-corrected chi connectivity index (χ0v) is 17.2. The van der Waals surface area contributed by atoms with Crippen molar-refractivity contribution in [1.82, 2.24) is 24.8 Å². The number of hydrogen-bond acceptors (Lipinski definition) is 8. The fourth-order valence-corrected chi connectivity index (χ4v) is 6.00. The Hall–Kier alpha value is -2.50. The van der Waals surface area contributed by atoms with Crippen LogP contribution in [0.5, 0.6) is 0 Å². The van der Waals surface area contributed by atoms with Gasteiger partial charge in [0.1, 0.15) is 0 Å². The minimum Gasteiger partial charge on any atom is -0.415 e. The monoisotopic (exact) mass is 438 g/mol. The summed E-state index contributed by atoms with van der Waals surface area (Å²) < 4.78 is 31.4. The molecule has 0 bridgehead atoms. The first-order chi connectivity index (χ1) is 13.2. The number of aromatic nitrogens is 3. The molecule has 28 heavy (non-hydrogen) atoms. The topological polar surface area (TPSA) is 125 Å². The van der Waals surface area contributed by atoms with Crippen LogP contribution < -0.4 is 5.32 Å². The minimum absolute atomic E-state index is 0.212. The van der Waals surface area contributed by atoms with E-state index in [0.717, 1.165) is 4.31 Å². The van der Waals surface area contributed by atoms with Crippen LogP contribution in [0.3, 0.4) is 0 Å². The highest BCUT2D eigenvalue weighted by Gasteiger charge is 2.44. The molecule has 1 fully saturated rings. The van der Waals surface area contributed by atoms with E-state index in [-0.39, 0.29) is 17.6 Å². The van der Waals surface area contributed by atoms with E-state index in [4.69, 9.17) is 21.4 Å². The third-order valence-electron chi connectivity index (χ3n) is 4.33. The fourth-order valence-electron chi connectivity index (χ4n) is 2.88. The average Bonchev–Trinajstić information content (AvgIpc) is 3.27. The van der Waals surface area contributed by atoms with Gasteiger partial charge in [0.25, 0.3) is 5.89 Å². The summed E-state index contributed by atoms with van der Waals surface area (Å²) in [5, 5.41) is 19.3. The smallest absolute Gasteiger partial charge is 0.258 e. The van der Waals surface area contributed by atoms with Gasteiger partial charge in [0.05, 0.1) is 31.6 Å². The molecule has 4 heterocycles. The van der Waals surface area contributed by atoms with Crippen molar-refractivity contribution in [1.29, 1.82) is 5.41 Å². The van der Waals surface area contributed by atoms with Crippen molar-refractivity contribution in [2.45, 2.75) is 12.5 Å². The molecule has 9 nitrogen and oxygen atoms in total.